The van der Waals surface area contributed by atoms with E-state index in [1.165, 1.54) is 5.56 Å². The molecule has 2 N–H and O–H groups in total. The first kappa shape index (κ1) is 20.8. The summed E-state index contributed by atoms with van der Waals surface area (Å²) in [5.41, 5.74) is 1.24. The maximum Gasteiger partial charge on any atom is 0.191 e. The fourth-order valence-corrected chi connectivity index (χ4v) is 4.22. The van der Waals surface area contributed by atoms with E-state index in [-0.39, 0.29) is 12.1 Å². The van der Waals surface area contributed by atoms with Gasteiger partial charge in [0.05, 0.1) is 12.6 Å². The van der Waals surface area contributed by atoms with Crippen molar-refractivity contribution in [1.82, 2.24) is 25.4 Å². The van der Waals surface area contributed by atoms with Crippen molar-refractivity contribution in [3.05, 3.63) is 47.5 Å². The molecule has 2 aromatic rings. The molecule has 162 valence electrons. The molecule has 0 spiro atoms. The second-order valence-electron chi connectivity index (χ2n) is 7.91. The van der Waals surface area contributed by atoms with Crippen LogP contribution in [0.2, 0.25) is 0 Å². The maximum absolute atomic E-state index is 6.02. The highest BCUT2D eigenvalue weighted by molar-refractivity contribution is 5.80. The number of benzene rings is 1. The molecule has 30 heavy (non-hydrogen) atoms. The van der Waals surface area contributed by atoms with E-state index in [4.69, 9.17) is 14.5 Å². The van der Waals surface area contributed by atoms with E-state index in [0.717, 1.165) is 63.1 Å². The van der Waals surface area contributed by atoms with Crippen molar-refractivity contribution < 1.29 is 9.47 Å². The van der Waals surface area contributed by atoms with Crippen LogP contribution in [0, 0.1) is 5.92 Å². The van der Waals surface area contributed by atoms with Crippen LogP contribution in [0.15, 0.2) is 35.3 Å². The van der Waals surface area contributed by atoms with Gasteiger partial charge in [-0.05, 0) is 25.3 Å². The number of nitrogens with one attached hydrogen (secondary N) is 2. The largest absolute Gasteiger partial charge is 0.377 e. The van der Waals surface area contributed by atoms with E-state index in [9.17, 15) is 0 Å². The van der Waals surface area contributed by atoms with Gasteiger partial charge in [0.2, 0.25) is 0 Å². The number of hydrogen-bond acceptors (Lipinski definition) is 5. The summed E-state index contributed by atoms with van der Waals surface area (Å²) in [5, 5.41) is 11.5. The average molecular weight is 413 g/mol. The van der Waals surface area contributed by atoms with Gasteiger partial charge in [-0.25, -0.2) is 9.67 Å². The molecule has 2 aliphatic rings. The SMILES string of the molecule is CCNC(=NCC1CCOC1c1ccccc1)NC1CCc2nc(COC)nn2C1. The summed E-state index contributed by atoms with van der Waals surface area (Å²) in [6, 6.07) is 10.8. The van der Waals surface area contributed by atoms with Crippen molar-refractivity contribution in [2.24, 2.45) is 10.9 Å². The summed E-state index contributed by atoms with van der Waals surface area (Å²) in [7, 11) is 1.67. The van der Waals surface area contributed by atoms with E-state index < -0.39 is 0 Å². The number of aromatic nitrogens is 3. The van der Waals surface area contributed by atoms with E-state index >= 15 is 0 Å². The van der Waals surface area contributed by atoms with Gasteiger partial charge >= 0.3 is 0 Å². The Labute approximate surface area is 178 Å². The zero-order chi connectivity index (χ0) is 20.8. The lowest BCUT2D eigenvalue weighted by atomic mass is 9.95. The highest BCUT2D eigenvalue weighted by Gasteiger charge is 2.29. The molecule has 1 aromatic carbocycles. The molecule has 1 saturated heterocycles. The molecule has 0 radical (unpaired) electrons. The first-order valence-electron chi connectivity index (χ1n) is 10.9. The molecule has 3 atom stereocenters. The van der Waals surface area contributed by atoms with Gasteiger partial charge in [0.25, 0.3) is 0 Å². The molecule has 2 aliphatic heterocycles. The van der Waals surface area contributed by atoms with Crippen molar-refractivity contribution in [3.8, 4) is 0 Å². The third-order valence-electron chi connectivity index (χ3n) is 5.69. The first-order chi connectivity index (χ1) is 14.8. The van der Waals surface area contributed by atoms with Gasteiger partial charge in [-0.1, -0.05) is 30.3 Å². The van der Waals surface area contributed by atoms with Crippen molar-refractivity contribution in [1.29, 1.82) is 0 Å². The van der Waals surface area contributed by atoms with Gasteiger partial charge < -0.3 is 20.1 Å². The molecule has 0 aliphatic carbocycles. The fourth-order valence-electron chi connectivity index (χ4n) is 4.22. The Morgan fingerprint density at radius 2 is 2.17 bits per heavy atom. The zero-order valence-electron chi connectivity index (χ0n) is 17.9. The minimum Gasteiger partial charge on any atom is -0.377 e. The van der Waals surface area contributed by atoms with Gasteiger partial charge in [-0.3, -0.25) is 4.99 Å². The standard InChI is InChI=1S/C22H32N6O2/c1-3-23-22(24-13-17-11-12-30-21(17)16-7-5-4-6-8-16)25-18-9-10-20-26-19(15-29-2)27-28(20)14-18/h4-8,17-18,21H,3,9-15H2,1-2H3,(H2,23,24,25). The van der Waals surface area contributed by atoms with Crippen LogP contribution in [0.3, 0.4) is 0 Å². The molecule has 0 amide bonds. The molecule has 4 rings (SSSR count). The van der Waals surface area contributed by atoms with E-state index in [2.05, 4.69) is 51.9 Å². The Morgan fingerprint density at radius 1 is 1.30 bits per heavy atom. The predicted octanol–water partition coefficient (Wildman–Crippen LogP) is 2.07. The molecule has 1 aromatic heterocycles. The van der Waals surface area contributed by atoms with E-state index in [1.54, 1.807) is 7.11 Å². The lowest BCUT2D eigenvalue weighted by molar-refractivity contribution is 0.0925. The van der Waals surface area contributed by atoms with Crippen LogP contribution in [0.1, 0.15) is 43.1 Å². The van der Waals surface area contributed by atoms with Gasteiger partial charge in [0, 0.05) is 45.2 Å². The summed E-state index contributed by atoms with van der Waals surface area (Å²) in [5.74, 6) is 3.05. The van der Waals surface area contributed by atoms with Crippen molar-refractivity contribution in [2.45, 2.75) is 51.5 Å². The fraction of sp³-hybridized carbons (Fsp3) is 0.591. The lowest BCUT2D eigenvalue weighted by Gasteiger charge is -2.26. The summed E-state index contributed by atoms with van der Waals surface area (Å²) in [4.78, 5) is 9.46. The predicted molar refractivity (Wildman–Crippen MR) is 115 cm³/mol. The molecular weight excluding hydrogens is 380 g/mol. The smallest absolute Gasteiger partial charge is 0.191 e. The van der Waals surface area contributed by atoms with E-state index in [1.807, 2.05) is 10.7 Å². The Bertz CT molecular complexity index is 837. The van der Waals surface area contributed by atoms with Crippen LogP contribution in [0.4, 0.5) is 0 Å². The third-order valence-corrected chi connectivity index (χ3v) is 5.69. The molecule has 3 heterocycles. The molecule has 8 nitrogen and oxygen atoms in total. The molecule has 8 heteroatoms. The summed E-state index contributed by atoms with van der Waals surface area (Å²) in [6.07, 6.45) is 3.08. The van der Waals surface area contributed by atoms with Crippen LogP contribution in [-0.4, -0.2) is 53.6 Å². The van der Waals surface area contributed by atoms with Crippen LogP contribution in [-0.2, 0) is 29.0 Å². The zero-order valence-corrected chi connectivity index (χ0v) is 17.9. The Hall–Kier alpha value is -2.45. The second kappa shape index (κ2) is 10.0. The average Bonchev–Trinajstić information content (AvgIpc) is 3.39. The second-order valence-corrected chi connectivity index (χ2v) is 7.91. The van der Waals surface area contributed by atoms with Crippen LogP contribution < -0.4 is 10.6 Å². The van der Waals surface area contributed by atoms with Crippen LogP contribution in [0.5, 0.6) is 0 Å². The monoisotopic (exact) mass is 412 g/mol. The summed E-state index contributed by atoms with van der Waals surface area (Å²) < 4.78 is 13.2. The number of aryl methyl sites for hydroxylation is 1. The number of aliphatic imine (C=N–C) groups is 1. The molecule has 1 fully saturated rings. The Balaban J connectivity index is 1.38. The highest BCUT2D eigenvalue weighted by Crippen LogP contribution is 2.34. The minimum absolute atomic E-state index is 0.129. The van der Waals surface area contributed by atoms with Crippen molar-refractivity contribution >= 4 is 5.96 Å². The molecule has 0 bridgehead atoms. The first-order valence-corrected chi connectivity index (χ1v) is 10.9. The normalized spacial score (nSPS) is 23.9. The number of ether oxygens (including phenoxy) is 2. The van der Waals surface area contributed by atoms with Gasteiger partial charge in [-0.2, -0.15) is 5.10 Å². The van der Waals surface area contributed by atoms with Gasteiger partial charge in [-0.15, -0.1) is 0 Å². The van der Waals surface area contributed by atoms with Crippen LogP contribution in [0.25, 0.3) is 0 Å². The highest BCUT2D eigenvalue weighted by atomic mass is 16.5. The summed E-state index contributed by atoms with van der Waals surface area (Å²) in [6.45, 7) is 5.70. The number of hydrogen-bond donors (Lipinski definition) is 2. The number of nitrogens with zero attached hydrogens (tertiary/aromatic N) is 4. The number of fused-ring (bicyclic) bond motifs is 1. The quantitative estimate of drug-likeness (QED) is 0.535. The Morgan fingerprint density at radius 3 is 2.97 bits per heavy atom. The third kappa shape index (κ3) is 4.99. The minimum atomic E-state index is 0.129. The lowest BCUT2D eigenvalue weighted by Crippen LogP contribution is -2.47. The molecular formula is C22H32N6O2. The number of rotatable bonds is 7. The number of methoxy groups -OCH3 is 1. The Kier molecular flexibility index (Phi) is 6.96. The molecule has 3 unspecified atom stereocenters. The maximum atomic E-state index is 6.02. The topological polar surface area (TPSA) is 85.6 Å². The van der Waals surface area contributed by atoms with Gasteiger partial charge in [0.1, 0.15) is 12.4 Å². The van der Waals surface area contributed by atoms with Crippen LogP contribution >= 0.6 is 0 Å². The number of guanidine groups is 1. The summed E-state index contributed by atoms with van der Waals surface area (Å²) >= 11 is 0. The molecule has 0 saturated carbocycles. The van der Waals surface area contributed by atoms with E-state index in [0.29, 0.717) is 12.5 Å². The van der Waals surface area contributed by atoms with Crippen molar-refractivity contribution in [2.75, 3.05) is 26.8 Å². The van der Waals surface area contributed by atoms with Gasteiger partial charge in [0.15, 0.2) is 11.8 Å². The van der Waals surface area contributed by atoms with Crippen molar-refractivity contribution in [3.63, 3.8) is 0 Å².